The molecule has 4 rings (SSSR count). The fourth-order valence-corrected chi connectivity index (χ4v) is 2.85. The molecule has 0 aliphatic rings. The molecule has 0 amide bonds. The van der Waals surface area contributed by atoms with E-state index in [1.54, 1.807) is 6.20 Å². The standard InChI is InChI=1S/C20H18N4/c1-14-6-4-10-18-19(14)24-20(23-18)16-8-2-3-9-17(16)22-13-15-7-5-11-21-12-15/h2-12,22H,13H2,1H3,(H,23,24). The zero-order chi connectivity index (χ0) is 16.4. The number of nitrogens with one attached hydrogen (secondary N) is 2. The maximum Gasteiger partial charge on any atom is 0.140 e. The molecular formula is C20H18N4. The van der Waals surface area contributed by atoms with Gasteiger partial charge in [-0.15, -0.1) is 0 Å². The van der Waals surface area contributed by atoms with Crippen molar-refractivity contribution in [1.82, 2.24) is 15.0 Å². The molecule has 118 valence electrons. The maximum atomic E-state index is 4.79. The number of imidazole rings is 1. The van der Waals surface area contributed by atoms with Crippen LogP contribution in [0.1, 0.15) is 11.1 Å². The van der Waals surface area contributed by atoms with Gasteiger partial charge in [-0.1, -0.05) is 30.3 Å². The van der Waals surface area contributed by atoms with Gasteiger partial charge in [0.15, 0.2) is 0 Å². The molecule has 0 aliphatic heterocycles. The summed E-state index contributed by atoms with van der Waals surface area (Å²) in [6.45, 7) is 2.81. The van der Waals surface area contributed by atoms with Crippen molar-refractivity contribution in [2.45, 2.75) is 13.5 Å². The molecule has 2 aromatic carbocycles. The molecular weight excluding hydrogens is 296 g/mol. The van der Waals surface area contributed by atoms with Crippen LogP contribution in [0.15, 0.2) is 67.0 Å². The van der Waals surface area contributed by atoms with E-state index in [1.807, 2.05) is 30.5 Å². The van der Waals surface area contributed by atoms with Crippen LogP contribution in [0.25, 0.3) is 22.4 Å². The number of aromatic amines is 1. The number of pyridine rings is 1. The molecule has 0 bridgehead atoms. The number of hydrogen-bond donors (Lipinski definition) is 2. The Morgan fingerprint density at radius 1 is 1.00 bits per heavy atom. The van der Waals surface area contributed by atoms with E-state index in [-0.39, 0.29) is 0 Å². The first-order chi connectivity index (χ1) is 11.8. The number of anilines is 1. The Morgan fingerprint density at radius 2 is 1.92 bits per heavy atom. The predicted octanol–water partition coefficient (Wildman–Crippen LogP) is 4.55. The van der Waals surface area contributed by atoms with Crippen LogP contribution in [-0.4, -0.2) is 15.0 Å². The Bertz CT molecular complexity index is 973. The van der Waals surface area contributed by atoms with Crippen LogP contribution in [0, 0.1) is 6.92 Å². The molecule has 0 unspecified atom stereocenters. The van der Waals surface area contributed by atoms with E-state index in [2.05, 4.69) is 52.5 Å². The third kappa shape index (κ3) is 2.74. The second-order valence-electron chi connectivity index (χ2n) is 5.82. The van der Waals surface area contributed by atoms with Crippen molar-refractivity contribution in [3.8, 4) is 11.4 Å². The lowest BCUT2D eigenvalue weighted by Gasteiger charge is -2.10. The summed E-state index contributed by atoms with van der Waals surface area (Å²) in [7, 11) is 0. The Kier molecular flexibility index (Phi) is 3.71. The SMILES string of the molecule is Cc1cccc2[nH]c(-c3ccccc3NCc3cccnc3)nc12. The topological polar surface area (TPSA) is 53.6 Å². The Hall–Kier alpha value is -3.14. The third-order valence-electron chi connectivity index (χ3n) is 4.10. The second kappa shape index (κ2) is 6.16. The molecule has 2 N–H and O–H groups in total. The number of fused-ring (bicyclic) bond motifs is 1. The summed E-state index contributed by atoms with van der Waals surface area (Å²) in [5, 5.41) is 3.49. The zero-order valence-corrected chi connectivity index (χ0v) is 13.5. The maximum absolute atomic E-state index is 4.79. The number of H-pyrrole nitrogens is 1. The number of aryl methyl sites for hydroxylation is 1. The minimum Gasteiger partial charge on any atom is -0.380 e. The van der Waals surface area contributed by atoms with Gasteiger partial charge in [-0.05, 0) is 42.3 Å². The molecule has 0 atom stereocenters. The lowest BCUT2D eigenvalue weighted by atomic mass is 10.1. The van der Waals surface area contributed by atoms with Crippen LogP contribution < -0.4 is 5.32 Å². The fraction of sp³-hybridized carbons (Fsp3) is 0.100. The molecule has 4 heteroatoms. The van der Waals surface area contributed by atoms with Gasteiger partial charge in [-0.3, -0.25) is 4.98 Å². The number of aromatic nitrogens is 3. The third-order valence-corrected chi connectivity index (χ3v) is 4.10. The smallest absolute Gasteiger partial charge is 0.140 e. The van der Waals surface area contributed by atoms with Gasteiger partial charge in [-0.25, -0.2) is 4.98 Å². The van der Waals surface area contributed by atoms with E-state index >= 15 is 0 Å². The van der Waals surface area contributed by atoms with E-state index < -0.39 is 0 Å². The molecule has 0 saturated carbocycles. The minimum absolute atomic E-state index is 0.726. The summed E-state index contributed by atoms with van der Waals surface area (Å²) in [5.41, 5.74) is 6.53. The average Bonchev–Trinajstić information content (AvgIpc) is 3.07. The summed E-state index contributed by atoms with van der Waals surface area (Å²) in [4.78, 5) is 12.4. The molecule has 0 radical (unpaired) electrons. The summed E-state index contributed by atoms with van der Waals surface area (Å²) < 4.78 is 0. The van der Waals surface area contributed by atoms with Gasteiger partial charge < -0.3 is 10.3 Å². The highest BCUT2D eigenvalue weighted by Crippen LogP contribution is 2.28. The molecule has 0 saturated heterocycles. The van der Waals surface area contributed by atoms with Crippen LogP contribution in [0.2, 0.25) is 0 Å². The summed E-state index contributed by atoms with van der Waals surface area (Å²) in [6.07, 6.45) is 3.66. The molecule has 24 heavy (non-hydrogen) atoms. The number of rotatable bonds is 4. The van der Waals surface area contributed by atoms with Crippen molar-refractivity contribution in [2.24, 2.45) is 0 Å². The number of para-hydroxylation sites is 2. The van der Waals surface area contributed by atoms with Gasteiger partial charge in [0.1, 0.15) is 5.82 Å². The quantitative estimate of drug-likeness (QED) is 0.581. The first kappa shape index (κ1) is 14.5. The van der Waals surface area contributed by atoms with Crippen molar-refractivity contribution in [2.75, 3.05) is 5.32 Å². The van der Waals surface area contributed by atoms with E-state index in [1.165, 1.54) is 5.56 Å². The van der Waals surface area contributed by atoms with Gasteiger partial charge in [0.25, 0.3) is 0 Å². The summed E-state index contributed by atoms with van der Waals surface area (Å²) >= 11 is 0. The van der Waals surface area contributed by atoms with Crippen molar-refractivity contribution in [3.05, 3.63) is 78.1 Å². The molecule has 0 spiro atoms. The van der Waals surface area contributed by atoms with Crippen molar-refractivity contribution < 1.29 is 0 Å². The van der Waals surface area contributed by atoms with Crippen molar-refractivity contribution in [1.29, 1.82) is 0 Å². The van der Waals surface area contributed by atoms with Crippen molar-refractivity contribution >= 4 is 16.7 Å². The Morgan fingerprint density at radius 3 is 2.75 bits per heavy atom. The van der Waals surface area contributed by atoms with E-state index in [0.717, 1.165) is 40.2 Å². The predicted molar refractivity (Wildman–Crippen MR) is 97.8 cm³/mol. The first-order valence-electron chi connectivity index (χ1n) is 7.99. The van der Waals surface area contributed by atoms with Gasteiger partial charge >= 0.3 is 0 Å². The average molecular weight is 314 g/mol. The Balaban J connectivity index is 1.69. The van der Waals surface area contributed by atoms with E-state index in [4.69, 9.17) is 4.98 Å². The van der Waals surface area contributed by atoms with Gasteiger partial charge in [0.2, 0.25) is 0 Å². The first-order valence-corrected chi connectivity index (χ1v) is 7.99. The Labute approximate surface area is 140 Å². The summed E-state index contributed by atoms with van der Waals surface area (Å²) in [6, 6.07) is 18.4. The largest absolute Gasteiger partial charge is 0.380 e. The number of benzene rings is 2. The molecule has 4 nitrogen and oxygen atoms in total. The molecule has 2 aromatic heterocycles. The number of hydrogen-bond acceptors (Lipinski definition) is 3. The zero-order valence-electron chi connectivity index (χ0n) is 13.5. The minimum atomic E-state index is 0.726. The highest BCUT2D eigenvalue weighted by Gasteiger charge is 2.10. The van der Waals surface area contributed by atoms with Crippen LogP contribution >= 0.6 is 0 Å². The second-order valence-corrected chi connectivity index (χ2v) is 5.82. The van der Waals surface area contributed by atoms with Crippen LogP contribution in [0.3, 0.4) is 0 Å². The van der Waals surface area contributed by atoms with Crippen LogP contribution in [0.5, 0.6) is 0 Å². The fourth-order valence-electron chi connectivity index (χ4n) is 2.85. The van der Waals surface area contributed by atoms with Gasteiger partial charge in [-0.2, -0.15) is 0 Å². The molecule has 0 aliphatic carbocycles. The summed E-state index contributed by atoms with van der Waals surface area (Å²) in [5.74, 6) is 0.883. The normalized spacial score (nSPS) is 10.9. The van der Waals surface area contributed by atoms with Crippen molar-refractivity contribution in [3.63, 3.8) is 0 Å². The van der Waals surface area contributed by atoms with Gasteiger partial charge in [0.05, 0.1) is 11.0 Å². The monoisotopic (exact) mass is 314 g/mol. The van der Waals surface area contributed by atoms with Crippen LogP contribution in [0.4, 0.5) is 5.69 Å². The highest BCUT2D eigenvalue weighted by molar-refractivity contribution is 5.84. The lowest BCUT2D eigenvalue weighted by molar-refractivity contribution is 1.11. The number of nitrogens with zero attached hydrogens (tertiary/aromatic N) is 2. The molecule has 2 heterocycles. The highest BCUT2D eigenvalue weighted by atomic mass is 14.9. The van der Waals surface area contributed by atoms with E-state index in [9.17, 15) is 0 Å². The van der Waals surface area contributed by atoms with E-state index in [0.29, 0.717) is 0 Å². The van der Waals surface area contributed by atoms with Gasteiger partial charge in [0, 0.05) is 30.2 Å². The molecule has 0 fully saturated rings. The van der Waals surface area contributed by atoms with Crippen LogP contribution in [-0.2, 0) is 6.54 Å². The lowest BCUT2D eigenvalue weighted by Crippen LogP contribution is -2.01. The molecule has 4 aromatic rings.